The van der Waals surface area contributed by atoms with Gasteiger partial charge < -0.3 is 15.4 Å². The average molecular weight is 650 g/mol. The second-order valence-electron chi connectivity index (χ2n) is 16.8. The molecule has 2 saturated carbocycles. The maximum absolute atomic E-state index is 12.6. The molecule has 47 heavy (non-hydrogen) atoms. The number of hydrogen-bond acceptors (Lipinski definition) is 5. The maximum Gasteiger partial charge on any atom is 0.220 e. The van der Waals surface area contributed by atoms with Crippen LogP contribution in [-0.4, -0.2) is 66.4 Å². The van der Waals surface area contributed by atoms with Crippen molar-refractivity contribution in [1.82, 2.24) is 15.5 Å². The Morgan fingerprint density at radius 2 is 1.81 bits per heavy atom. The lowest BCUT2D eigenvalue weighted by atomic mass is 9.56. The normalized spacial score (nSPS) is 38.3. The zero-order valence-electron chi connectivity index (χ0n) is 30.1. The number of ketones is 1. The van der Waals surface area contributed by atoms with Crippen molar-refractivity contribution in [3.05, 3.63) is 22.8 Å². The minimum Gasteiger partial charge on any atom is -0.369 e. The van der Waals surface area contributed by atoms with E-state index < -0.39 is 0 Å². The van der Waals surface area contributed by atoms with Crippen molar-refractivity contribution < 1.29 is 19.1 Å². The van der Waals surface area contributed by atoms with Crippen molar-refractivity contribution in [2.45, 2.75) is 149 Å². The molecule has 0 unspecified atom stereocenters. The number of ether oxygens (including phenoxy) is 1. The van der Waals surface area contributed by atoms with E-state index in [0.29, 0.717) is 61.4 Å². The second kappa shape index (κ2) is 14.5. The van der Waals surface area contributed by atoms with Crippen LogP contribution < -0.4 is 10.6 Å². The molecule has 7 nitrogen and oxygen atoms in total. The number of nitrogens with one attached hydrogen (secondary N) is 2. The minimum absolute atomic E-state index is 0.0886. The molecule has 0 aromatic rings. The van der Waals surface area contributed by atoms with Crippen LogP contribution in [0.5, 0.6) is 0 Å². The molecule has 2 N–H and O–H groups in total. The molecule has 7 heteroatoms. The Labute approximate surface area is 284 Å². The summed E-state index contributed by atoms with van der Waals surface area (Å²) in [5.74, 6) is 3.78. The number of likely N-dealkylation sites (tertiary alicyclic amines) is 1. The van der Waals surface area contributed by atoms with E-state index in [1.165, 1.54) is 24.8 Å². The number of nitrogens with zero attached hydrogens (tertiary/aromatic N) is 1. The highest BCUT2D eigenvalue weighted by molar-refractivity contribution is 5.91. The number of unbranched alkanes of at least 4 members (excludes halogenated alkanes) is 2. The van der Waals surface area contributed by atoms with Gasteiger partial charge in [-0.15, -0.1) is 0 Å². The zero-order valence-corrected chi connectivity index (χ0v) is 30.1. The molecule has 6 aliphatic rings. The summed E-state index contributed by atoms with van der Waals surface area (Å²) in [4.78, 5) is 39.2. The first-order valence-electron chi connectivity index (χ1n) is 19.4. The van der Waals surface area contributed by atoms with E-state index >= 15 is 0 Å². The molecule has 6 rings (SSSR count). The maximum atomic E-state index is 12.6. The van der Waals surface area contributed by atoms with Crippen LogP contribution in [0.2, 0.25) is 0 Å². The number of fused-ring (bicyclic) bond motifs is 6. The molecule has 0 aromatic carbocycles. The zero-order chi connectivity index (χ0) is 33.3. The van der Waals surface area contributed by atoms with Gasteiger partial charge in [0.05, 0.1) is 11.7 Å². The van der Waals surface area contributed by atoms with Gasteiger partial charge in [-0.25, -0.2) is 0 Å². The Morgan fingerprint density at radius 1 is 1.02 bits per heavy atom. The van der Waals surface area contributed by atoms with Crippen molar-refractivity contribution in [2.24, 2.45) is 35.0 Å². The number of piperidine rings is 1. The van der Waals surface area contributed by atoms with Crippen LogP contribution in [0.15, 0.2) is 22.8 Å². The number of carbonyl (C=O) groups excluding carboxylic acids is 3. The molecule has 2 amide bonds. The summed E-state index contributed by atoms with van der Waals surface area (Å²) < 4.78 is 7.28. The molecule has 9 atom stereocenters. The lowest BCUT2D eigenvalue weighted by Crippen LogP contribution is -2.53. The summed E-state index contributed by atoms with van der Waals surface area (Å²) in [7, 11) is 0. The lowest BCUT2D eigenvalue weighted by Gasteiger charge is -2.48. The summed E-state index contributed by atoms with van der Waals surface area (Å²) >= 11 is 0. The van der Waals surface area contributed by atoms with Gasteiger partial charge in [0.2, 0.25) is 11.8 Å². The van der Waals surface area contributed by atoms with E-state index in [9.17, 15) is 14.4 Å². The van der Waals surface area contributed by atoms with Gasteiger partial charge in [-0.05, 0) is 113 Å². The predicted molar refractivity (Wildman–Crippen MR) is 187 cm³/mol. The van der Waals surface area contributed by atoms with Crippen molar-refractivity contribution in [3.63, 3.8) is 0 Å². The molecular formula is C40H63N3O4. The first kappa shape index (κ1) is 34.9. The van der Waals surface area contributed by atoms with Crippen LogP contribution in [0, 0.1) is 35.0 Å². The van der Waals surface area contributed by atoms with Crippen molar-refractivity contribution in [2.75, 3.05) is 26.2 Å². The fourth-order valence-electron chi connectivity index (χ4n) is 11.3. The summed E-state index contributed by atoms with van der Waals surface area (Å²) in [5, 5.41) is 6.17. The van der Waals surface area contributed by atoms with Gasteiger partial charge in [0.1, 0.15) is 0 Å². The summed E-state index contributed by atoms with van der Waals surface area (Å²) in [5.41, 5.74) is 4.92. The molecule has 2 aliphatic heterocycles. The highest BCUT2D eigenvalue weighted by Crippen LogP contribution is 2.64. The monoisotopic (exact) mass is 649 g/mol. The number of amides is 2. The van der Waals surface area contributed by atoms with Gasteiger partial charge in [0.25, 0.3) is 0 Å². The van der Waals surface area contributed by atoms with E-state index in [1.54, 1.807) is 11.1 Å². The SMILES string of the molecule is CCCC(=O)NCCCCCC(=O)NCCN1C[C@@H](C)C[C@H]2O[C@]3(CC[C@@H]4C(=C(C)C3)C[C@H]3[C@H]4CCC4=CC(=O)CC[C@@]43C)[C@H](C)[C@@H]21. The number of rotatable bonds is 11. The molecule has 0 bridgehead atoms. The van der Waals surface area contributed by atoms with E-state index in [1.807, 2.05) is 13.0 Å². The Morgan fingerprint density at radius 3 is 2.62 bits per heavy atom. The van der Waals surface area contributed by atoms with E-state index in [4.69, 9.17) is 4.74 Å². The number of carbonyl (C=O) groups is 3. The third-order valence-corrected chi connectivity index (χ3v) is 13.7. The molecule has 2 heterocycles. The predicted octanol–water partition coefficient (Wildman–Crippen LogP) is 6.91. The van der Waals surface area contributed by atoms with Gasteiger partial charge in [-0.2, -0.15) is 0 Å². The van der Waals surface area contributed by atoms with Crippen LogP contribution in [0.1, 0.15) is 131 Å². The van der Waals surface area contributed by atoms with Crippen molar-refractivity contribution in [3.8, 4) is 0 Å². The van der Waals surface area contributed by atoms with Crippen molar-refractivity contribution >= 4 is 17.6 Å². The molecular weight excluding hydrogens is 586 g/mol. The topological polar surface area (TPSA) is 87.7 Å². The second-order valence-corrected chi connectivity index (χ2v) is 16.8. The van der Waals surface area contributed by atoms with Crippen LogP contribution in [0.3, 0.4) is 0 Å². The van der Waals surface area contributed by atoms with Gasteiger partial charge >= 0.3 is 0 Å². The van der Waals surface area contributed by atoms with Gasteiger partial charge in [0.15, 0.2) is 5.78 Å². The highest BCUT2D eigenvalue weighted by atomic mass is 16.5. The Bertz CT molecular complexity index is 1260. The summed E-state index contributed by atoms with van der Waals surface area (Å²) in [6, 6.07) is 0.413. The lowest BCUT2D eigenvalue weighted by molar-refractivity contribution is -0.122. The van der Waals surface area contributed by atoms with E-state index in [-0.39, 0.29) is 28.9 Å². The molecule has 0 aromatic heterocycles. The minimum atomic E-state index is -0.0886. The Balaban J connectivity index is 1.04. The average Bonchev–Trinajstić information content (AvgIpc) is 3.49. The van der Waals surface area contributed by atoms with Gasteiger partial charge in [0, 0.05) is 57.4 Å². The Hall–Kier alpha value is -1.99. The Kier molecular flexibility index (Phi) is 10.7. The summed E-state index contributed by atoms with van der Waals surface area (Å²) in [6.45, 7) is 15.1. The standard InChI is InChI=1S/C40H63N3O4/c1-6-10-36(45)41-18-9-7-8-11-37(46)42-19-20-43-25-26(2)21-35-38(43)28(4)40(47-35)17-15-31-32-13-12-29-22-30(44)14-16-39(29,5)34(32)23-33(31)27(3)24-40/h22,26,28,31-32,34-35,38H,6-21,23-25H2,1-5H3,(H,41,45)(H,42,46)/t26-,28+,31-,32-,34-,35+,38-,39-,40-/m0/s1. The molecule has 262 valence electrons. The highest BCUT2D eigenvalue weighted by Gasteiger charge is 2.59. The third kappa shape index (κ3) is 7.04. The van der Waals surface area contributed by atoms with Crippen LogP contribution in [0.4, 0.5) is 0 Å². The molecule has 4 aliphatic carbocycles. The number of hydrogen-bond donors (Lipinski definition) is 2. The first-order chi connectivity index (χ1) is 22.5. The molecule has 2 saturated heterocycles. The molecule has 0 radical (unpaired) electrons. The fraction of sp³-hybridized carbons (Fsp3) is 0.825. The smallest absolute Gasteiger partial charge is 0.220 e. The first-order valence-corrected chi connectivity index (χ1v) is 19.4. The van der Waals surface area contributed by atoms with E-state index in [0.717, 1.165) is 83.2 Å². The molecule has 1 spiro atoms. The fourth-order valence-corrected chi connectivity index (χ4v) is 11.3. The summed E-state index contributed by atoms with van der Waals surface area (Å²) in [6.07, 6.45) is 17.0. The van der Waals surface area contributed by atoms with E-state index in [2.05, 4.69) is 43.2 Å². The van der Waals surface area contributed by atoms with Crippen LogP contribution in [-0.2, 0) is 19.1 Å². The quantitative estimate of drug-likeness (QED) is 0.188. The molecule has 4 fully saturated rings. The third-order valence-electron chi connectivity index (χ3n) is 13.7. The number of allylic oxidation sites excluding steroid dienone is 3. The van der Waals surface area contributed by atoms with Crippen molar-refractivity contribution in [1.29, 1.82) is 0 Å². The van der Waals surface area contributed by atoms with Crippen LogP contribution in [0.25, 0.3) is 0 Å². The van der Waals surface area contributed by atoms with Crippen LogP contribution >= 0.6 is 0 Å². The largest absolute Gasteiger partial charge is 0.369 e. The van der Waals surface area contributed by atoms with Gasteiger partial charge in [-0.1, -0.05) is 50.8 Å². The van der Waals surface area contributed by atoms with Gasteiger partial charge in [-0.3, -0.25) is 19.3 Å².